The summed E-state index contributed by atoms with van der Waals surface area (Å²) in [6.45, 7) is 1.10. The molecule has 7 nitrogen and oxygen atoms in total. The quantitative estimate of drug-likeness (QED) is 0.864. The number of nitrogens with one attached hydrogen (secondary N) is 1. The number of carbonyl (C=O) groups excluding carboxylic acids is 2. The highest BCUT2D eigenvalue weighted by Crippen LogP contribution is 2.18. The van der Waals surface area contributed by atoms with Gasteiger partial charge in [0.15, 0.2) is 9.84 Å². The van der Waals surface area contributed by atoms with E-state index in [1.54, 1.807) is 18.2 Å². The Morgan fingerprint density at radius 3 is 2.74 bits per heavy atom. The molecule has 1 heterocycles. The zero-order valence-electron chi connectivity index (χ0n) is 12.7. The van der Waals surface area contributed by atoms with E-state index in [2.05, 4.69) is 5.32 Å². The average Bonchev–Trinajstić information content (AvgIpc) is 2.84. The minimum Gasteiger partial charge on any atom is -0.330 e. The predicted octanol–water partition coefficient (Wildman–Crippen LogP) is 0.532. The summed E-state index contributed by atoms with van der Waals surface area (Å²) in [7, 11) is -3.14. The van der Waals surface area contributed by atoms with Crippen LogP contribution in [0, 0.1) is 11.3 Å². The summed E-state index contributed by atoms with van der Waals surface area (Å²) in [4.78, 5) is 25.1. The van der Waals surface area contributed by atoms with Crippen molar-refractivity contribution in [2.45, 2.75) is 19.4 Å². The number of rotatable bonds is 4. The van der Waals surface area contributed by atoms with Gasteiger partial charge < -0.3 is 10.2 Å². The van der Waals surface area contributed by atoms with Gasteiger partial charge in [-0.2, -0.15) is 5.26 Å². The molecule has 0 saturated carbocycles. The lowest BCUT2D eigenvalue weighted by Gasteiger charge is -2.26. The van der Waals surface area contributed by atoms with Crippen LogP contribution in [0.5, 0.6) is 0 Å². The fourth-order valence-electron chi connectivity index (χ4n) is 2.54. The second kappa shape index (κ2) is 6.79. The van der Waals surface area contributed by atoms with Crippen LogP contribution < -0.4 is 5.32 Å². The summed E-state index contributed by atoms with van der Waals surface area (Å²) in [6.07, 6.45) is 0.346. The van der Waals surface area contributed by atoms with Crippen LogP contribution in [0.1, 0.15) is 18.9 Å². The standard InChI is InChI=1S/C15H17N3O4S/c1-11(19)18(14-5-6-23(21,22)10-14)9-15(20)17-13-4-2-3-12(7-13)8-16/h2-4,7,14H,5-6,9-10H2,1H3,(H,17,20). The number of nitrogens with zero attached hydrogens (tertiary/aromatic N) is 2. The van der Waals surface area contributed by atoms with Crippen LogP contribution in [0.25, 0.3) is 0 Å². The van der Waals surface area contributed by atoms with Gasteiger partial charge in [0.25, 0.3) is 0 Å². The van der Waals surface area contributed by atoms with Gasteiger partial charge in [-0.1, -0.05) is 6.07 Å². The van der Waals surface area contributed by atoms with Gasteiger partial charge in [-0.3, -0.25) is 9.59 Å². The first-order valence-electron chi connectivity index (χ1n) is 7.08. The number of amides is 2. The molecule has 0 aliphatic carbocycles. The fraction of sp³-hybridized carbons (Fsp3) is 0.400. The first-order chi connectivity index (χ1) is 10.8. The normalized spacial score (nSPS) is 18.9. The predicted molar refractivity (Wildman–Crippen MR) is 84.2 cm³/mol. The van der Waals surface area contributed by atoms with Crippen molar-refractivity contribution in [2.75, 3.05) is 23.4 Å². The van der Waals surface area contributed by atoms with E-state index in [1.807, 2.05) is 6.07 Å². The summed E-state index contributed by atoms with van der Waals surface area (Å²) < 4.78 is 23.1. The molecule has 0 aromatic heterocycles. The van der Waals surface area contributed by atoms with Gasteiger partial charge in [0, 0.05) is 18.7 Å². The molecule has 1 fully saturated rings. The Labute approximate surface area is 134 Å². The SMILES string of the molecule is CC(=O)N(CC(=O)Nc1cccc(C#N)c1)C1CCS(=O)(=O)C1. The maximum absolute atomic E-state index is 12.1. The van der Waals surface area contributed by atoms with Crippen molar-refractivity contribution >= 4 is 27.3 Å². The molecule has 1 aliphatic rings. The molecule has 1 N–H and O–H groups in total. The molecule has 0 spiro atoms. The molecule has 8 heteroatoms. The van der Waals surface area contributed by atoms with Crippen LogP contribution in [0.4, 0.5) is 5.69 Å². The topological polar surface area (TPSA) is 107 Å². The average molecular weight is 335 g/mol. The molecule has 2 rings (SSSR count). The van der Waals surface area contributed by atoms with E-state index in [-0.39, 0.29) is 24.0 Å². The lowest BCUT2D eigenvalue weighted by molar-refractivity contribution is -0.134. The molecule has 122 valence electrons. The third-order valence-corrected chi connectivity index (χ3v) is 5.39. The van der Waals surface area contributed by atoms with Crippen molar-refractivity contribution in [3.8, 4) is 6.07 Å². The van der Waals surface area contributed by atoms with Crippen LogP contribution in [0.2, 0.25) is 0 Å². The van der Waals surface area contributed by atoms with Crippen molar-refractivity contribution in [3.05, 3.63) is 29.8 Å². The van der Waals surface area contributed by atoms with Gasteiger partial charge in [0.05, 0.1) is 23.1 Å². The molecule has 1 aromatic carbocycles. The monoisotopic (exact) mass is 335 g/mol. The van der Waals surface area contributed by atoms with E-state index in [0.717, 1.165) is 0 Å². The molecule has 0 radical (unpaired) electrons. The Hall–Kier alpha value is -2.40. The van der Waals surface area contributed by atoms with E-state index in [0.29, 0.717) is 17.7 Å². The van der Waals surface area contributed by atoms with Crippen molar-refractivity contribution in [1.82, 2.24) is 4.90 Å². The third-order valence-electron chi connectivity index (χ3n) is 3.64. The largest absolute Gasteiger partial charge is 0.330 e. The number of sulfone groups is 1. The zero-order chi connectivity index (χ0) is 17.0. The molecule has 1 aromatic rings. The van der Waals surface area contributed by atoms with Gasteiger partial charge in [0.2, 0.25) is 11.8 Å². The molecular formula is C15H17N3O4S. The van der Waals surface area contributed by atoms with Crippen LogP contribution in [-0.2, 0) is 19.4 Å². The molecule has 1 atom stereocenters. The molecule has 1 saturated heterocycles. The summed E-state index contributed by atoms with van der Waals surface area (Å²) >= 11 is 0. The molecule has 1 aliphatic heterocycles. The van der Waals surface area contributed by atoms with E-state index in [4.69, 9.17) is 5.26 Å². The highest BCUT2D eigenvalue weighted by molar-refractivity contribution is 7.91. The second-order valence-electron chi connectivity index (χ2n) is 5.44. The summed E-state index contributed by atoms with van der Waals surface area (Å²) in [5, 5.41) is 11.4. The third kappa shape index (κ3) is 4.53. The minimum atomic E-state index is -3.14. The second-order valence-corrected chi connectivity index (χ2v) is 7.67. The van der Waals surface area contributed by atoms with Crippen molar-refractivity contribution in [3.63, 3.8) is 0 Å². The molecule has 0 bridgehead atoms. The van der Waals surface area contributed by atoms with Crippen molar-refractivity contribution in [2.24, 2.45) is 0 Å². The Balaban J connectivity index is 2.04. The van der Waals surface area contributed by atoms with Gasteiger partial charge in [-0.15, -0.1) is 0 Å². The molecule has 2 amide bonds. The number of carbonyl (C=O) groups is 2. The van der Waals surface area contributed by atoms with E-state index >= 15 is 0 Å². The van der Waals surface area contributed by atoms with Crippen molar-refractivity contribution in [1.29, 1.82) is 5.26 Å². The van der Waals surface area contributed by atoms with Crippen LogP contribution >= 0.6 is 0 Å². The molecule has 1 unspecified atom stereocenters. The van der Waals surface area contributed by atoms with Crippen LogP contribution in [0.3, 0.4) is 0 Å². The maximum atomic E-state index is 12.1. The number of anilines is 1. The van der Waals surface area contributed by atoms with E-state index < -0.39 is 21.8 Å². The summed E-state index contributed by atoms with van der Waals surface area (Å²) in [6, 6.07) is 7.92. The fourth-order valence-corrected chi connectivity index (χ4v) is 4.27. The zero-order valence-corrected chi connectivity index (χ0v) is 13.5. The Bertz CT molecular complexity index is 767. The van der Waals surface area contributed by atoms with Crippen LogP contribution in [-0.4, -0.2) is 49.2 Å². The van der Waals surface area contributed by atoms with Crippen LogP contribution in [0.15, 0.2) is 24.3 Å². The van der Waals surface area contributed by atoms with Gasteiger partial charge in [-0.25, -0.2) is 8.42 Å². The smallest absolute Gasteiger partial charge is 0.244 e. The lowest BCUT2D eigenvalue weighted by Crippen LogP contribution is -2.44. The lowest BCUT2D eigenvalue weighted by atomic mass is 10.2. The highest BCUT2D eigenvalue weighted by Gasteiger charge is 2.34. The van der Waals surface area contributed by atoms with Crippen molar-refractivity contribution < 1.29 is 18.0 Å². The maximum Gasteiger partial charge on any atom is 0.244 e. The first-order valence-corrected chi connectivity index (χ1v) is 8.90. The summed E-state index contributed by atoms with van der Waals surface area (Å²) in [5.74, 6) is -0.843. The first kappa shape index (κ1) is 17.0. The van der Waals surface area contributed by atoms with E-state index in [1.165, 1.54) is 17.9 Å². The summed E-state index contributed by atoms with van der Waals surface area (Å²) in [5.41, 5.74) is 0.865. The van der Waals surface area contributed by atoms with Gasteiger partial charge in [-0.05, 0) is 24.6 Å². The Morgan fingerprint density at radius 1 is 1.43 bits per heavy atom. The van der Waals surface area contributed by atoms with Gasteiger partial charge in [0.1, 0.15) is 6.54 Å². The number of benzene rings is 1. The van der Waals surface area contributed by atoms with E-state index in [9.17, 15) is 18.0 Å². The number of nitriles is 1. The number of hydrogen-bond acceptors (Lipinski definition) is 5. The van der Waals surface area contributed by atoms with Gasteiger partial charge >= 0.3 is 0 Å². The minimum absolute atomic E-state index is 0.0350. The number of hydrogen-bond donors (Lipinski definition) is 1. The molecular weight excluding hydrogens is 318 g/mol. The Morgan fingerprint density at radius 2 is 2.17 bits per heavy atom. The highest BCUT2D eigenvalue weighted by atomic mass is 32.2. The Kier molecular flexibility index (Phi) is 5.01. The molecule has 23 heavy (non-hydrogen) atoms.